The first kappa shape index (κ1) is 11.8. The highest BCUT2D eigenvalue weighted by Gasteiger charge is 2.66. The molecule has 96 valence electrons. The first-order valence-corrected chi connectivity index (χ1v) is 6.42. The van der Waals surface area contributed by atoms with Gasteiger partial charge in [-0.3, -0.25) is 9.59 Å². The Morgan fingerprint density at radius 3 is 2.17 bits per heavy atom. The summed E-state index contributed by atoms with van der Waals surface area (Å²) < 4.78 is 0. The Morgan fingerprint density at radius 1 is 1.11 bits per heavy atom. The van der Waals surface area contributed by atoms with Crippen LogP contribution in [0.15, 0.2) is 22.8 Å². The Morgan fingerprint density at radius 2 is 1.67 bits per heavy atom. The number of Topliss-reactive ketones (excluding diaryl/α,β-unsaturated/α-hetero) is 2. The van der Waals surface area contributed by atoms with Crippen molar-refractivity contribution in [1.29, 1.82) is 0 Å². The van der Waals surface area contributed by atoms with Crippen molar-refractivity contribution in [3.05, 3.63) is 22.8 Å². The Hall–Kier alpha value is -1.22. The lowest BCUT2D eigenvalue weighted by Crippen LogP contribution is -2.49. The molecule has 0 saturated heterocycles. The van der Waals surface area contributed by atoms with Crippen LogP contribution in [0.4, 0.5) is 0 Å². The van der Waals surface area contributed by atoms with Gasteiger partial charge >= 0.3 is 0 Å². The molecular weight excluding hydrogens is 228 g/mol. The summed E-state index contributed by atoms with van der Waals surface area (Å²) in [5.41, 5.74) is -0.536. The quantitative estimate of drug-likeness (QED) is 0.710. The molecule has 3 heteroatoms. The number of ketones is 2. The number of rotatable bonds is 0. The van der Waals surface area contributed by atoms with E-state index in [1.54, 1.807) is 13.0 Å². The molecule has 3 aliphatic rings. The Balaban J connectivity index is 2.31. The fraction of sp³-hybridized carbons (Fsp3) is 0.600. The van der Waals surface area contributed by atoms with Gasteiger partial charge in [0.25, 0.3) is 0 Å². The van der Waals surface area contributed by atoms with Crippen molar-refractivity contribution in [1.82, 2.24) is 0 Å². The molecule has 1 spiro atoms. The average Bonchev–Trinajstić information content (AvgIpc) is 3.02. The molecule has 0 aromatic carbocycles. The first-order valence-electron chi connectivity index (χ1n) is 6.42. The van der Waals surface area contributed by atoms with Gasteiger partial charge in [-0.25, -0.2) is 0 Å². The largest absolute Gasteiger partial charge is 0.381 e. The van der Waals surface area contributed by atoms with Crippen LogP contribution in [0.25, 0.3) is 0 Å². The molecule has 1 unspecified atom stereocenters. The van der Waals surface area contributed by atoms with E-state index in [1.807, 2.05) is 20.8 Å². The van der Waals surface area contributed by atoms with Crippen molar-refractivity contribution in [3.63, 3.8) is 0 Å². The third-order valence-electron chi connectivity index (χ3n) is 5.05. The zero-order chi connectivity index (χ0) is 13.5. The van der Waals surface area contributed by atoms with E-state index in [0.29, 0.717) is 11.1 Å². The summed E-state index contributed by atoms with van der Waals surface area (Å²) in [5, 5.41) is 10.6. The molecule has 0 heterocycles. The molecule has 3 nitrogen and oxygen atoms in total. The Labute approximate surface area is 107 Å². The fourth-order valence-electron chi connectivity index (χ4n) is 3.57. The second-order valence-corrected chi connectivity index (χ2v) is 6.59. The van der Waals surface area contributed by atoms with Crippen molar-refractivity contribution < 1.29 is 14.7 Å². The minimum Gasteiger partial charge on any atom is -0.381 e. The maximum absolute atomic E-state index is 12.5. The van der Waals surface area contributed by atoms with Gasteiger partial charge in [0.15, 0.2) is 11.6 Å². The summed E-state index contributed by atoms with van der Waals surface area (Å²) in [7, 11) is 0. The molecule has 0 aliphatic heterocycles. The molecule has 0 amide bonds. The van der Waals surface area contributed by atoms with Gasteiger partial charge in [0.2, 0.25) is 0 Å². The molecule has 18 heavy (non-hydrogen) atoms. The average molecular weight is 246 g/mol. The maximum Gasteiger partial charge on any atom is 0.195 e. The van der Waals surface area contributed by atoms with E-state index in [-0.39, 0.29) is 11.6 Å². The van der Waals surface area contributed by atoms with Gasteiger partial charge < -0.3 is 5.11 Å². The topological polar surface area (TPSA) is 54.4 Å². The van der Waals surface area contributed by atoms with E-state index in [4.69, 9.17) is 0 Å². The monoisotopic (exact) mass is 246 g/mol. The lowest BCUT2D eigenvalue weighted by molar-refractivity contribution is -0.138. The molecule has 3 rings (SSSR count). The third-order valence-corrected chi connectivity index (χ3v) is 5.05. The second-order valence-electron chi connectivity index (χ2n) is 6.59. The van der Waals surface area contributed by atoms with Crippen LogP contribution in [0, 0.1) is 10.8 Å². The van der Waals surface area contributed by atoms with Crippen molar-refractivity contribution in [2.45, 2.75) is 46.1 Å². The minimum absolute atomic E-state index is 0.0186. The third kappa shape index (κ3) is 1.05. The lowest BCUT2D eigenvalue weighted by atomic mass is 9.68. The normalized spacial score (nSPS) is 35.9. The van der Waals surface area contributed by atoms with E-state index < -0.39 is 16.4 Å². The molecule has 0 bridgehead atoms. The number of allylic oxidation sites excluding steroid dienone is 2. The van der Waals surface area contributed by atoms with Crippen LogP contribution in [0.1, 0.15) is 40.5 Å². The van der Waals surface area contributed by atoms with E-state index in [0.717, 1.165) is 18.4 Å². The summed E-state index contributed by atoms with van der Waals surface area (Å²) in [6.07, 6.45) is 3.31. The smallest absolute Gasteiger partial charge is 0.195 e. The summed E-state index contributed by atoms with van der Waals surface area (Å²) >= 11 is 0. The minimum atomic E-state index is -1.35. The van der Waals surface area contributed by atoms with E-state index in [1.165, 1.54) is 0 Å². The van der Waals surface area contributed by atoms with Gasteiger partial charge in [0.05, 0.1) is 0 Å². The van der Waals surface area contributed by atoms with Gasteiger partial charge in [-0.2, -0.15) is 0 Å². The van der Waals surface area contributed by atoms with Crippen molar-refractivity contribution in [2.24, 2.45) is 10.8 Å². The van der Waals surface area contributed by atoms with Gasteiger partial charge in [-0.15, -0.1) is 0 Å². The molecular formula is C15H18O3. The highest BCUT2D eigenvalue weighted by molar-refractivity contribution is 6.22. The van der Waals surface area contributed by atoms with Crippen LogP contribution in [0.3, 0.4) is 0 Å². The SMILES string of the molecule is CC1=C2C(=O)C(C)(C)C=C2C(=O)C(C)(O)C12CC2. The summed E-state index contributed by atoms with van der Waals surface area (Å²) in [6.45, 7) is 7.14. The standard InChI is InChI=1S/C15H18O3/c1-8-10-9(7-13(2,3)12(10)17)11(16)14(4,18)15(8)5-6-15/h7,18H,5-6H2,1-4H3. The Bertz CT molecular complexity index is 554. The summed E-state index contributed by atoms with van der Waals surface area (Å²) in [5.74, 6) is -0.260. The van der Waals surface area contributed by atoms with E-state index in [2.05, 4.69) is 0 Å². The zero-order valence-electron chi connectivity index (χ0n) is 11.3. The van der Waals surface area contributed by atoms with Gasteiger partial charge in [0.1, 0.15) is 5.60 Å². The predicted octanol–water partition coefficient (Wildman–Crippen LogP) is 1.95. The lowest BCUT2D eigenvalue weighted by Gasteiger charge is -2.38. The van der Waals surface area contributed by atoms with E-state index >= 15 is 0 Å². The number of carbonyl (C=O) groups is 2. The highest BCUT2D eigenvalue weighted by atomic mass is 16.3. The molecule has 1 N–H and O–H groups in total. The fourth-order valence-corrected chi connectivity index (χ4v) is 3.57. The van der Waals surface area contributed by atoms with Crippen LogP contribution >= 0.6 is 0 Å². The van der Waals surface area contributed by atoms with Crippen molar-refractivity contribution >= 4 is 11.6 Å². The van der Waals surface area contributed by atoms with Crippen LogP contribution in [0.2, 0.25) is 0 Å². The number of fused-ring (bicyclic) bond motifs is 1. The highest BCUT2D eigenvalue weighted by Crippen LogP contribution is 2.64. The van der Waals surface area contributed by atoms with Gasteiger partial charge in [-0.05, 0) is 40.5 Å². The summed E-state index contributed by atoms with van der Waals surface area (Å²) in [4.78, 5) is 24.9. The van der Waals surface area contributed by atoms with Gasteiger partial charge in [0, 0.05) is 22.0 Å². The molecule has 0 aromatic rings. The number of aliphatic hydroxyl groups is 1. The second kappa shape index (κ2) is 2.85. The molecule has 0 radical (unpaired) electrons. The summed E-state index contributed by atoms with van der Waals surface area (Å²) in [6, 6.07) is 0. The van der Waals surface area contributed by atoms with Crippen molar-refractivity contribution in [3.8, 4) is 0 Å². The van der Waals surface area contributed by atoms with Crippen LogP contribution in [0.5, 0.6) is 0 Å². The van der Waals surface area contributed by atoms with Gasteiger partial charge in [-0.1, -0.05) is 11.6 Å². The molecule has 3 aliphatic carbocycles. The van der Waals surface area contributed by atoms with Crippen molar-refractivity contribution in [2.75, 3.05) is 0 Å². The molecule has 1 fully saturated rings. The molecule has 1 atom stereocenters. The first-order chi connectivity index (χ1) is 8.15. The number of hydrogen-bond donors (Lipinski definition) is 1. The Kier molecular flexibility index (Phi) is 1.88. The molecule has 0 aromatic heterocycles. The van der Waals surface area contributed by atoms with Crippen LogP contribution in [-0.4, -0.2) is 22.3 Å². The zero-order valence-corrected chi connectivity index (χ0v) is 11.3. The van der Waals surface area contributed by atoms with Crippen LogP contribution in [-0.2, 0) is 9.59 Å². The number of hydrogen-bond acceptors (Lipinski definition) is 3. The van der Waals surface area contributed by atoms with Crippen LogP contribution < -0.4 is 0 Å². The predicted molar refractivity (Wildman–Crippen MR) is 66.9 cm³/mol. The maximum atomic E-state index is 12.5. The number of carbonyl (C=O) groups excluding carboxylic acids is 2. The van der Waals surface area contributed by atoms with E-state index in [9.17, 15) is 14.7 Å². The molecule has 1 saturated carbocycles.